The molecule has 1 aliphatic heterocycles. The molecule has 1 aromatic carbocycles. The summed E-state index contributed by atoms with van der Waals surface area (Å²) in [6.07, 6.45) is 0.966. The highest BCUT2D eigenvalue weighted by atomic mass is 35.5. The molecule has 4 heteroatoms. The van der Waals surface area contributed by atoms with Crippen molar-refractivity contribution in [3.8, 4) is 6.07 Å². The lowest BCUT2D eigenvalue weighted by Gasteiger charge is -2.19. The highest BCUT2D eigenvalue weighted by Gasteiger charge is 2.23. The van der Waals surface area contributed by atoms with E-state index in [1.807, 2.05) is 6.07 Å². The maximum Gasteiger partial charge on any atom is 0.101 e. The molecular formula is C12H13ClN2O. The monoisotopic (exact) mass is 236 g/mol. The minimum absolute atomic E-state index is 0.207. The van der Waals surface area contributed by atoms with Crippen molar-refractivity contribution in [3.05, 3.63) is 28.8 Å². The summed E-state index contributed by atoms with van der Waals surface area (Å²) in [6.45, 7) is 1.88. The van der Waals surface area contributed by atoms with E-state index in [4.69, 9.17) is 22.0 Å². The fourth-order valence-electron chi connectivity index (χ4n) is 2.06. The van der Waals surface area contributed by atoms with E-state index in [1.54, 1.807) is 12.1 Å². The maximum atomic E-state index is 9.09. The molecule has 0 spiro atoms. The lowest BCUT2D eigenvalue weighted by molar-refractivity contribution is 0.238. The Hall–Kier alpha value is -1.24. The molecule has 2 rings (SSSR count). The quantitative estimate of drug-likeness (QED) is 0.855. The first-order chi connectivity index (χ1) is 7.74. The number of rotatable bonds is 2. The van der Waals surface area contributed by atoms with Crippen LogP contribution in [0.1, 0.15) is 12.0 Å². The van der Waals surface area contributed by atoms with E-state index in [0.29, 0.717) is 16.5 Å². The molecule has 1 N–H and O–H groups in total. The number of benzene rings is 1. The summed E-state index contributed by atoms with van der Waals surface area (Å²) in [4.78, 5) is 2.12. The molecule has 0 radical (unpaired) electrons. The van der Waals surface area contributed by atoms with E-state index in [9.17, 15) is 0 Å². The van der Waals surface area contributed by atoms with Crippen molar-refractivity contribution in [2.45, 2.75) is 6.42 Å². The molecular weight excluding hydrogens is 224 g/mol. The molecule has 1 saturated heterocycles. The average molecular weight is 237 g/mol. The minimum Gasteiger partial charge on any atom is -0.396 e. The van der Waals surface area contributed by atoms with Crippen molar-refractivity contribution in [1.82, 2.24) is 0 Å². The van der Waals surface area contributed by atoms with Crippen molar-refractivity contribution < 1.29 is 5.11 Å². The Morgan fingerprint density at radius 1 is 1.56 bits per heavy atom. The topological polar surface area (TPSA) is 47.3 Å². The number of nitriles is 1. The zero-order valence-corrected chi connectivity index (χ0v) is 9.61. The molecule has 1 atom stereocenters. The van der Waals surface area contributed by atoms with Crippen LogP contribution in [0.3, 0.4) is 0 Å². The standard InChI is InChI=1S/C12H13ClN2O/c13-11-2-1-10(6-14)12(5-11)15-4-3-9(7-15)8-16/h1-2,5,9,16H,3-4,7-8H2. The van der Waals surface area contributed by atoms with Crippen LogP contribution in [0.2, 0.25) is 5.02 Å². The second kappa shape index (κ2) is 4.73. The number of aliphatic hydroxyl groups excluding tert-OH is 1. The summed E-state index contributed by atoms with van der Waals surface area (Å²) in [6, 6.07) is 7.45. The normalized spacial score (nSPS) is 19.8. The van der Waals surface area contributed by atoms with E-state index in [0.717, 1.165) is 25.2 Å². The number of aliphatic hydroxyl groups is 1. The first-order valence-electron chi connectivity index (χ1n) is 5.30. The van der Waals surface area contributed by atoms with Crippen LogP contribution in [0.15, 0.2) is 18.2 Å². The molecule has 1 heterocycles. The van der Waals surface area contributed by atoms with Gasteiger partial charge in [-0.2, -0.15) is 5.26 Å². The van der Waals surface area contributed by atoms with Gasteiger partial charge in [-0.1, -0.05) is 11.6 Å². The summed E-state index contributed by atoms with van der Waals surface area (Å²) in [5.41, 5.74) is 1.52. The molecule has 1 fully saturated rings. The van der Waals surface area contributed by atoms with Crippen LogP contribution in [0.4, 0.5) is 5.69 Å². The second-order valence-corrected chi connectivity index (χ2v) is 4.49. The van der Waals surface area contributed by atoms with Gasteiger partial charge in [0.15, 0.2) is 0 Å². The zero-order chi connectivity index (χ0) is 11.5. The molecule has 0 saturated carbocycles. The van der Waals surface area contributed by atoms with E-state index >= 15 is 0 Å². The van der Waals surface area contributed by atoms with E-state index in [-0.39, 0.29) is 6.61 Å². The molecule has 0 bridgehead atoms. The Labute approximate surface area is 99.9 Å². The van der Waals surface area contributed by atoms with Gasteiger partial charge in [0, 0.05) is 30.6 Å². The molecule has 3 nitrogen and oxygen atoms in total. The van der Waals surface area contributed by atoms with Gasteiger partial charge in [-0.05, 0) is 24.6 Å². The Balaban J connectivity index is 2.27. The fraction of sp³-hybridized carbons (Fsp3) is 0.417. The SMILES string of the molecule is N#Cc1ccc(Cl)cc1N1CCC(CO)C1. The summed E-state index contributed by atoms with van der Waals surface area (Å²) in [7, 11) is 0. The third kappa shape index (κ3) is 2.13. The molecule has 16 heavy (non-hydrogen) atoms. The zero-order valence-electron chi connectivity index (χ0n) is 8.86. The van der Waals surface area contributed by atoms with Crippen LogP contribution in [0.5, 0.6) is 0 Å². The van der Waals surface area contributed by atoms with Gasteiger partial charge < -0.3 is 10.0 Å². The number of hydrogen-bond acceptors (Lipinski definition) is 3. The molecule has 1 aromatic rings. The second-order valence-electron chi connectivity index (χ2n) is 4.06. The number of halogens is 1. The third-order valence-corrected chi connectivity index (χ3v) is 3.20. The molecule has 0 aliphatic carbocycles. The van der Waals surface area contributed by atoms with Crippen molar-refractivity contribution >= 4 is 17.3 Å². The van der Waals surface area contributed by atoms with Crippen LogP contribution in [0, 0.1) is 17.2 Å². The number of hydrogen-bond donors (Lipinski definition) is 1. The number of anilines is 1. The van der Waals surface area contributed by atoms with Crippen LogP contribution in [0.25, 0.3) is 0 Å². The summed E-state index contributed by atoms with van der Waals surface area (Å²) < 4.78 is 0. The molecule has 0 aromatic heterocycles. The Morgan fingerprint density at radius 2 is 2.38 bits per heavy atom. The van der Waals surface area contributed by atoms with Gasteiger partial charge in [-0.15, -0.1) is 0 Å². The maximum absolute atomic E-state index is 9.09. The van der Waals surface area contributed by atoms with E-state index < -0.39 is 0 Å². The van der Waals surface area contributed by atoms with Crippen LogP contribution in [-0.4, -0.2) is 24.8 Å². The highest BCUT2D eigenvalue weighted by molar-refractivity contribution is 6.30. The minimum atomic E-state index is 0.207. The van der Waals surface area contributed by atoms with Crippen LogP contribution < -0.4 is 4.90 Å². The molecule has 0 amide bonds. The van der Waals surface area contributed by atoms with Crippen molar-refractivity contribution in [1.29, 1.82) is 5.26 Å². The number of nitrogens with zero attached hydrogens (tertiary/aromatic N) is 2. The Morgan fingerprint density at radius 3 is 3.00 bits per heavy atom. The highest BCUT2D eigenvalue weighted by Crippen LogP contribution is 2.29. The largest absolute Gasteiger partial charge is 0.396 e. The van der Waals surface area contributed by atoms with Gasteiger partial charge in [0.05, 0.1) is 11.3 Å². The fourth-order valence-corrected chi connectivity index (χ4v) is 2.23. The summed E-state index contributed by atoms with van der Waals surface area (Å²) in [5, 5.41) is 18.8. The Bertz CT molecular complexity index is 428. The Kier molecular flexibility index (Phi) is 3.33. The molecule has 84 valence electrons. The van der Waals surface area contributed by atoms with Gasteiger partial charge in [0.1, 0.15) is 6.07 Å². The van der Waals surface area contributed by atoms with Crippen molar-refractivity contribution in [2.75, 3.05) is 24.6 Å². The summed E-state index contributed by atoms with van der Waals surface area (Å²) in [5.74, 6) is 0.311. The predicted octanol–water partition coefficient (Wildman–Crippen LogP) is 2.03. The first kappa shape index (κ1) is 11.3. The van der Waals surface area contributed by atoms with Gasteiger partial charge >= 0.3 is 0 Å². The molecule has 1 aliphatic rings. The van der Waals surface area contributed by atoms with Crippen LogP contribution in [-0.2, 0) is 0 Å². The van der Waals surface area contributed by atoms with Crippen molar-refractivity contribution in [3.63, 3.8) is 0 Å². The lowest BCUT2D eigenvalue weighted by atomic mass is 10.1. The van der Waals surface area contributed by atoms with Gasteiger partial charge in [0.25, 0.3) is 0 Å². The van der Waals surface area contributed by atoms with Crippen molar-refractivity contribution in [2.24, 2.45) is 5.92 Å². The summed E-state index contributed by atoms with van der Waals surface area (Å²) >= 11 is 5.94. The first-order valence-corrected chi connectivity index (χ1v) is 5.68. The lowest BCUT2D eigenvalue weighted by Crippen LogP contribution is -2.21. The van der Waals surface area contributed by atoms with Gasteiger partial charge in [0.2, 0.25) is 0 Å². The average Bonchev–Trinajstić information content (AvgIpc) is 2.77. The van der Waals surface area contributed by atoms with Gasteiger partial charge in [-0.25, -0.2) is 0 Å². The van der Waals surface area contributed by atoms with E-state index in [1.165, 1.54) is 0 Å². The third-order valence-electron chi connectivity index (χ3n) is 2.96. The predicted molar refractivity (Wildman–Crippen MR) is 63.6 cm³/mol. The van der Waals surface area contributed by atoms with Crippen LogP contribution >= 0.6 is 11.6 Å². The molecule has 1 unspecified atom stereocenters. The smallest absolute Gasteiger partial charge is 0.101 e. The van der Waals surface area contributed by atoms with E-state index in [2.05, 4.69) is 11.0 Å². The van der Waals surface area contributed by atoms with Gasteiger partial charge in [-0.3, -0.25) is 0 Å².